The third-order valence-electron chi connectivity index (χ3n) is 1.80. The topological polar surface area (TPSA) is 12.4 Å². The van der Waals surface area contributed by atoms with Gasteiger partial charge in [-0.2, -0.15) is 0 Å². The average Bonchev–Trinajstić information content (AvgIpc) is 1.94. The molecule has 0 bridgehead atoms. The van der Waals surface area contributed by atoms with Crippen LogP contribution in [0, 0.1) is 5.92 Å². The van der Waals surface area contributed by atoms with Gasteiger partial charge in [0, 0.05) is 11.9 Å². The van der Waals surface area contributed by atoms with Crippen LogP contribution in [0.25, 0.3) is 0 Å². The molecule has 1 unspecified atom stereocenters. The molecular weight excluding hydrogens is 122 g/mol. The Kier molecular flexibility index (Phi) is 2.43. The summed E-state index contributed by atoms with van der Waals surface area (Å²) in [6, 6.07) is 0. The zero-order chi connectivity index (χ0) is 7.40. The normalized spacial score (nSPS) is 28.9. The molecule has 0 aromatic rings. The van der Waals surface area contributed by atoms with Crippen LogP contribution in [0.5, 0.6) is 0 Å². The predicted molar refractivity (Wildman–Crippen MR) is 45.2 cm³/mol. The van der Waals surface area contributed by atoms with Crippen molar-refractivity contribution < 1.29 is 0 Å². The second-order valence-corrected chi connectivity index (χ2v) is 2.62. The van der Waals surface area contributed by atoms with E-state index in [0.717, 1.165) is 0 Å². The van der Waals surface area contributed by atoms with Crippen molar-refractivity contribution in [2.45, 2.75) is 19.8 Å². The van der Waals surface area contributed by atoms with Crippen LogP contribution in [0.1, 0.15) is 19.8 Å². The molecule has 0 heterocycles. The van der Waals surface area contributed by atoms with E-state index in [1.165, 1.54) is 18.6 Å². The lowest BCUT2D eigenvalue weighted by Crippen LogP contribution is -2.10. The number of hydrogen-bond acceptors (Lipinski definition) is 1. The molecule has 10 heavy (non-hydrogen) atoms. The first-order chi connectivity index (χ1) is 4.84. The van der Waals surface area contributed by atoms with Gasteiger partial charge in [-0.05, 0) is 24.8 Å². The van der Waals surface area contributed by atoms with E-state index in [1.807, 2.05) is 0 Å². The fourth-order valence-corrected chi connectivity index (χ4v) is 1.14. The summed E-state index contributed by atoms with van der Waals surface area (Å²) in [7, 11) is 0. The number of aliphatic imine (C=N–C) groups is 1. The minimum Gasteiger partial charge on any atom is -0.262 e. The van der Waals surface area contributed by atoms with E-state index in [4.69, 9.17) is 0 Å². The first-order valence-corrected chi connectivity index (χ1v) is 3.69. The molecule has 0 aliphatic heterocycles. The maximum Gasteiger partial charge on any atom is 0.0428 e. The Morgan fingerprint density at radius 1 is 1.80 bits per heavy atom. The Balaban J connectivity index is 2.72. The molecule has 0 amide bonds. The lowest BCUT2D eigenvalue weighted by atomic mass is 9.94. The van der Waals surface area contributed by atoms with Gasteiger partial charge in [-0.1, -0.05) is 19.6 Å². The van der Waals surface area contributed by atoms with Gasteiger partial charge in [-0.15, -0.1) is 0 Å². The van der Waals surface area contributed by atoms with E-state index in [1.54, 1.807) is 6.20 Å². The summed E-state index contributed by atoms with van der Waals surface area (Å²) in [6.07, 6.45) is 8.29. The Morgan fingerprint density at radius 2 is 2.60 bits per heavy atom. The minimum absolute atomic E-state index is 0.614. The zero-order valence-corrected chi connectivity index (χ0v) is 6.38. The number of allylic oxidation sites excluding steroid dienone is 2. The van der Waals surface area contributed by atoms with Crippen molar-refractivity contribution in [2.24, 2.45) is 10.9 Å². The summed E-state index contributed by atoms with van der Waals surface area (Å²) < 4.78 is 0. The van der Waals surface area contributed by atoms with Crippen LogP contribution >= 0.6 is 0 Å². The highest BCUT2D eigenvalue weighted by Gasteiger charge is 2.09. The van der Waals surface area contributed by atoms with Crippen molar-refractivity contribution in [2.75, 3.05) is 0 Å². The van der Waals surface area contributed by atoms with Crippen molar-refractivity contribution in [1.29, 1.82) is 0 Å². The van der Waals surface area contributed by atoms with Crippen molar-refractivity contribution in [1.82, 2.24) is 0 Å². The Bertz CT molecular complexity index is 177. The molecule has 1 nitrogen and oxygen atoms in total. The van der Waals surface area contributed by atoms with Gasteiger partial charge in [0.25, 0.3) is 0 Å². The van der Waals surface area contributed by atoms with Crippen LogP contribution in [0.4, 0.5) is 0 Å². The smallest absolute Gasteiger partial charge is 0.0428 e. The van der Waals surface area contributed by atoms with Gasteiger partial charge < -0.3 is 0 Å². The molecule has 0 saturated heterocycles. The number of nitrogens with zero attached hydrogens (tertiary/aromatic N) is 1. The molecule has 1 aliphatic carbocycles. The molecule has 0 spiro atoms. The van der Waals surface area contributed by atoms with E-state index in [9.17, 15) is 0 Å². The molecule has 1 heteroatoms. The Labute approximate surface area is 62.2 Å². The van der Waals surface area contributed by atoms with Crippen molar-refractivity contribution in [3.8, 4) is 0 Å². The monoisotopic (exact) mass is 135 g/mol. The number of rotatable bonds is 1. The highest BCUT2D eigenvalue weighted by molar-refractivity contribution is 5.97. The van der Waals surface area contributed by atoms with Crippen molar-refractivity contribution in [3.05, 3.63) is 24.9 Å². The predicted octanol–water partition coefficient (Wildman–Crippen LogP) is 2.56. The van der Waals surface area contributed by atoms with Crippen molar-refractivity contribution >= 4 is 5.71 Å². The van der Waals surface area contributed by atoms with Crippen LogP contribution in [0.3, 0.4) is 0 Å². The van der Waals surface area contributed by atoms with Crippen LogP contribution in [-0.4, -0.2) is 5.71 Å². The van der Waals surface area contributed by atoms with E-state index in [-0.39, 0.29) is 0 Å². The maximum absolute atomic E-state index is 4.16. The van der Waals surface area contributed by atoms with Gasteiger partial charge in [0.2, 0.25) is 0 Å². The maximum atomic E-state index is 4.16. The fourth-order valence-electron chi connectivity index (χ4n) is 1.14. The summed E-state index contributed by atoms with van der Waals surface area (Å²) in [4.78, 5) is 4.16. The summed E-state index contributed by atoms with van der Waals surface area (Å²) >= 11 is 0. The van der Waals surface area contributed by atoms with E-state index in [2.05, 4.69) is 30.6 Å². The van der Waals surface area contributed by atoms with Gasteiger partial charge in [0.1, 0.15) is 0 Å². The zero-order valence-electron chi connectivity index (χ0n) is 6.38. The second kappa shape index (κ2) is 3.35. The molecule has 0 fully saturated rings. The third kappa shape index (κ3) is 1.56. The fraction of sp³-hybridized carbons (Fsp3) is 0.444. The number of hydrogen-bond donors (Lipinski definition) is 0. The van der Waals surface area contributed by atoms with Gasteiger partial charge in [-0.3, -0.25) is 4.99 Å². The average molecular weight is 135 g/mol. The molecule has 0 N–H and O–H groups in total. The van der Waals surface area contributed by atoms with E-state index in [0.29, 0.717) is 5.92 Å². The molecule has 1 rings (SSSR count). The molecule has 0 saturated carbocycles. The lowest BCUT2D eigenvalue weighted by molar-refractivity contribution is 0.684. The first kappa shape index (κ1) is 7.26. The highest BCUT2D eigenvalue weighted by atomic mass is 14.7. The van der Waals surface area contributed by atoms with Gasteiger partial charge >= 0.3 is 0 Å². The summed E-state index contributed by atoms with van der Waals surface area (Å²) in [5.41, 5.74) is 1.17. The summed E-state index contributed by atoms with van der Waals surface area (Å²) in [5.74, 6) is 0.614. The largest absolute Gasteiger partial charge is 0.262 e. The standard InChI is InChI=1S/C9H13N/c1-3-10-9-7-5-4-6-8(9)2/h3,5,7-8H,1,4,6H2,2H3. The molecule has 0 aromatic heterocycles. The van der Waals surface area contributed by atoms with Gasteiger partial charge in [0.15, 0.2) is 0 Å². The summed E-state index contributed by atoms with van der Waals surface area (Å²) in [6.45, 7) is 5.77. The van der Waals surface area contributed by atoms with Gasteiger partial charge in [-0.25, -0.2) is 0 Å². The highest BCUT2D eigenvalue weighted by Crippen LogP contribution is 2.14. The first-order valence-electron chi connectivity index (χ1n) is 3.69. The summed E-state index contributed by atoms with van der Waals surface area (Å²) in [5, 5.41) is 0. The molecule has 54 valence electrons. The van der Waals surface area contributed by atoms with Crippen LogP contribution < -0.4 is 0 Å². The molecule has 1 atom stereocenters. The van der Waals surface area contributed by atoms with Crippen LogP contribution in [-0.2, 0) is 0 Å². The second-order valence-electron chi connectivity index (χ2n) is 2.62. The lowest BCUT2D eigenvalue weighted by Gasteiger charge is -2.13. The van der Waals surface area contributed by atoms with Crippen molar-refractivity contribution in [3.63, 3.8) is 0 Å². The molecule has 1 aliphatic rings. The van der Waals surface area contributed by atoms with Crippen LogP contribution in [0.2, 0.25) is 0 Å². The van der Waals surface area contributed by atoms with E-state index < -0.39 is 0 Å². The van der Waals surface area contributed by atoms with E-state index >= 15 is 0 Å². The van der Waals surface area contributed by atoms with Crippen LogP contribution in [0.15, 0.2) is 29.9 Å². The molecule has 0 aromatic carbocycles. The SMILES string of the molecule is C=CN=C1C=CCCC1C. The minimum atomic E-state index is 0.614. The Morgan fingerprint density at radius 3 is 3.20 bits per heavy atom. The molecular formula is C9H13N. The quantitative estimate of drug-likeness (QED) is 0.524. The van der Waals surface area contributed by atoms with Gasteiger partial charge in [0.05, 0.1) is 0 Å². The third-order valence-corrected chi connectivity index (χ3v) is 1.80. The molecule has 0 radical (unpaired) electrons. The Hall–Kier alpha value is -0.850.